The van der Waals surface area contributed by atoms with Gasteiger partial charge in [0, 0.05) is 12.5 Å². The van der Waals surface area contributed by atoms with Crippen LogP contribution in [-0.2, 0) is 6.54 Å². The summed E-state index contributed by atoms with van der Waals surface area (Å²) in [5.41, 5.74) is 0.680. The first-order chi connectivity index (χ1) is 8.08. The molecular formula is C12H10Cl2N2O. The molecule has 0 spiro atoms. The molecule has 0 bridgehead atoms. The third-order valence-electron chi connectivity index (χ3n) is 3.10. The van der Waals surface area contributed by atoms with E-state index >= 15 is 0 Å². The highest BCUT2D eigenvalue weighted by Crippen LogP contribution is 2.53. The number of benzene rings is 1. The summed E-state index contributed by atoms with van der Waals surface area (Å²) in [5.74, 6) is 0.145. The van der Waals surface area contributed by atoms with E-state index in [0.717, 1.165) is 6.42 Å². The molecule has 0 unspecified atom stereocenters. The van der Waals surface area contributed by atoms with E-state index in [-0.39, 0.29) is 11.5 Å². The number of nitrogens with zero attached hydrogens (tertiary/aromatic N) is 2. The molecule has 1 aliphatic rings. The Kier molecular flexibility index (Phi) is 2.42. The minimum Gasteiger partial charge on any atom is -0.298 e. The smallest absolute Gasteiger partial charge is 0.261 e. The van der Waals surface area contributed by atoms with E-state index in [4.69, 9.17) is 23.2 Å². The van der Waals surface area contributed by atoms with E-state index in [1.807, 2.05) is 18.2 Å². The van der Waals surface area contributed by atoms with Crippen molar-refractivity contribution in [1.82, 2.24) is 9.55 Å². The van der Waals surface area contributed by atoms with E-state index in [0.29, 0.717) is 17.4 Å². The minimum absolute atomic E-state index is 0.0355. The van der Waals surface area contributed by atoms with Gasteiger partial charge in [-0.05, 0) is 18.6 Å². The molecule has 1 aliphatic carbocycles. The van der Waals surface area contributed by atoms with Gasteiger partial charge in [0.25, 0.3) is 5.56 Å². The summed E-state index contributed by atoms with van der Waals surface area (Å²) in [5, 5.41) is 0.630. The summed E-state index contributed by atoms with van der Waals surface area (Å²) in [6.07, 6.45) is 2.29. The molecule has 0 N–H and O–H groups in total. The molecule has 0 radical (unpaired) electrons. The van der Waals surface area contributed by atoms with Gasteiger partial charge in [-0.2, -0.15) is 0 Å². The lowest BCUT2D eigenvalue weighted by molar-refractivity contribution is 0.597. The van der Waals surface area contributed by atoms with Crippen LogP contribution in [0.5, 0.6) is 0 Å². The first-order valence-corrected chi connectivity index (χ1v) is 6.15. The molecule has 1 atom stereocenters. The topological polar surface area (TPSA) is 34.9 Å². The van der Waals surface area contributed by atoms with Crippen molar-refractivity contribution in [3.05, 3.63) is 40.9 Å². The lowest BCUT2D eigenvalue weighted by Crippen LogP contribution is -2.22. The SMILES string of the molecule is O=c1c2ccccc2ncn1C[C@H]1CC1(Cl)Cl. The third-order valence-corrected chi connectivity index (χ3v) is 4.03. The van der Waals surface area contributed by atoms with E-state index < -0.39 is 4.33 Å². The summed E-state index contributed by atoms with van der Waals surface area (Å²) in [6.45, 7) is 0.531. The molecule has 1 fully saturated rings. The maximum absolute atomic E-state index is 12.1. The minimum atomic E-state index is -0.662. The highest BCUT2D eigenvalue weighted by molar-refractivity contribution is 6.50. The van der Waals surface area contributed by atoms with Crippen molar-refractivity contribution >= 4 is 34.1 Å². The Morgan fingerprint density at radius 1 is 1.41 bits per heavy atom. The molecular weight excluding hydrogens is 259 g/mol. The van der Waals surface area contributed by atoms with E-state index in [2.05, 4.69) is 4.98 Å². The van der Waals surface area contributed by atoms with Crippen LogP contribution in [0.1, 0.15) is 6.42 Å². The summed E-state index contributed by atoms with van der Waals surface area (Å²) >= 11 is 11.9. The van der Waals surface area contributed by atoms with Gasteiger partial charge >= 0.3 is 0 Å². The number of halogens is 2. The Morgan fingerprint density at radius 3 is 2.82 bits per heavy atom. The maximum Gasteiger partial charge on any atom is 0.261 e. The molecule has 5 heteroatoms. The Bertz CT molecular complexity index is 636. The van der Waals surface area contributed by atoms with Crippen LogP contribution in [0.3, 0.4) is 0 Å². The highest BCUT2D eigenvalue weighted by atomic mass is 35.5. The second-order valence-corrected chi connectivity index (χ2v) is 5.92. The molecule has 1 aromatic heterocycles. The number of alkyl halides is 2. The standard InChI is InChI=1S/C12H10Cl2N2O/c13-12(14)5-8(12)6-16-7-15-10-4-2-1-3-9(10)11(16)17/h1-4,7-8H,5-6H2/t8-/m1/s1. The Labute approximate surface area is 108 Å². The van der Waals surface area contributed by atoms with E-state index in [1.165, 1.54) is 0 Å². The first-order valence-electron chi connectivity index (χ1n) is 5.40. The fourth-order valence-corrected chi connectivity index (χ4v) is 2.45. The number of aromatic nitrogens is 2. The normalized spacial score (nSPS) is 21.6. The number of rotatable bonds is 2. The summed E-state index contributed by atoms with van der Waals surface area (Å²) < 4.78 is 0.921. The molecule has 0 aliphatic heterocycles. The second kappa shape index (κ2) is 3.72. The van der Waals surface area contributed by atoms with Crippen LogP contribution < -0.4 is 5.56 Å². The van der Waals surface area contributed by atoms with Crippen LogP contribution in [-0.4, -0.2) is 13.9 Å². The molecule has 0 saturated heterocycles. The fourth-order valence-electron chi connectivity index (χ4n) is 1.94. The van der Waals surface area contributed by atoms with Gasteiger partial charge in [0.05, 0.1) is 17.2 Å². The van der Waals surface area contributed by atoms with Crippen LogP contribution in [0, 0.1) is 5.92 Å². The van der Waals surface area contributed by atoms with Crippen LogP contribution in [0.25, 0.3) is 10.9 Å². The maximum atomic E-state index is 12.1. The Balaban J connectivity index is 2.01. The summed E-state index contributed by atoms with van der Waals surface area (Å²) in [6, 6.07) is 7.30. The largest absolute Gasteiger partial charge is 0.298 e. The average molecular weight is 269 g/mol. The Morgan fingerprint density at radius 2 is 2.12 bits per heavy atom. The predicted molar refractivity (Wildman–Crippen MR) is 68.5 cm³/mol. The van der Waals surface area contributed by atoms with Crippen LogP contribution in [0.2, 0.25) is 0 Å². The van der Waals surface area contributed by atoms with Gasteiger partial charge in [-0.15, -0.1) is 23.2 Å². The zero-order chi connectivity index (χ0) is 12.0. The molecule has 1 saturated carbocycles. The number of fused-ring (bicyclic) bond motifs is 1. The van der Waals surface area contributed by atoms with Crippen molar-refractivity contribution in [2.45, 2.75) is 17.3 Å². The van der Waals surface area contributed by atoms with Gasteiger partial charge in [0.2, 0.25) is 0 Å². The van der Waals surface area contributed by atoms with Crippen molar-refractivity contribution in [3.8, 4) is 0 Å². The van der Waals surface area contributed by atoms with Gasteiger partial charge in [-0.25, -0.2) is 4.98 Å². The summed E-state index contributed by atoms with van der Waals surface area (Å²) in [4.78, 5) is 16.4. The molecule has 88 valence electrons. The quantitative estimate of drug-likeness (QED) is 0.785. The van der Waals surface area contributed by atoms with Gasteiger partial charge < -0.3 is 0 Å². The molecule has 2 aromatic rings. The molecule has 3 nitrogen and oxygen atoms in total. The lowest BCUT2D eigenvalue weighted by atomic mass is 10.2. The molecule has 0 amide bonds. The zero-order valence-corrected chi connectivity index (χ0v) is 10.4. The van der Waals surface area contributed by atoms with E-state index in [9.17, 15) is 4.79 Å². The number of hydrogen-bond acceptors (Lipinski definition) is 2. The van der Waals surface area contributed by atoms with Crippen molar-refractivity contribution in [3.63, 3.8) is 0 Å². The summed E-state index contributed by atoms with van der Waals surface area (Å²) in [7, 11) is 0. The number of para-hydroxylation sites is 1. The van der Waals surface area contributed by atoms with Crippen LogP contribution in [0.15, 0.2) is 35.4 Å². The highest BCUT2D eigenvalue weighted by Gasteiger charge is 2.51. The van der Waals surface area contributed by atoms with Crippen molar-refractivity contribution in [2.75, 3.05) is 0 Å². The van der Waals surface area contributed by atoms with Crippen molar-refractivity contribution < 1.29 is 0 Å². The Hall–Kier alpha value is -1.06. The number of hydrogen-bond donors (Lipinski definition) is 0. The monoisotopic (exact) mass is 268 g/mol. The second-order valence-electron chi connectivity index (χ2n) is 4.38. The zero-order valence-electron chi connectivity index (χ0n) is 8.94. The molecule has 17 heavy (non-hydrogen) atoms. The van der Waals surface area contributed by atoms with Gasteiger partial charge in [-0.1, -0.05) is 12.1 Å². The fraction of sp³-hybridized carbons (Fsp3) is 0.333. The molecule has 1 heterocycles. The van der Waals surface area contributed by atoms with Crippen LogP contribution in [0.4, 0.5) is 0 Å². The predicted octanol–water partition coefficient (Wildman–Crippen LogP) is 2.59. The average Bonchev–Trinajstić information content (AvgIpc) is 2.91. The molecule has 1 aromatic carbocycles. The van der Waals surface area contributed by atoms with Gasteiger partial charge in [-0.3, -0.25) is 9.36 Å². The molecule has 3 rings (SSSR count). The lowest BCUT2D eigenvalue weighted by Gasteiger charge is -2.06. The van der Waals surface area contributed by atoms with E-state index in [1.54, 1.807) is 17.0 Å². The van der Waals surface area contributed by atoms with Crippen molar-refractivity contribution in [2.24, 2.45) is 5.92 Å². The van der Waals surface area contributed by atoms with Crippen molar-refractivity contribution in [1.29, 1.82) is 0 Å². The first kappa shape index (κ1) is 11.1. The van der Waals surface area contributed by atoms with Gasteiger partial charge in [0.1, 0.15) is 4.33 Å². The van der Waals surface area contributed by atoms with Gasteiger partial charge in [0.15, 0.2) is 0 Å². The third kappa shape index (κ3) is 1.94. The van der Waals surface area contributed by atoms with Crippen LogP contribution >= 0.6 is 23.2 Å².